The molecule has 0 bridgehead atoms. The van der Waals surface area contributed by atoms with Gasteiger partial charge in [-0.1, -0.05) is 22.5 Å². The number of hydrogen-bond donors (Lipinski definition) is 1. The van der Waals surface area contributed by atoms with Gasteiger partial charge in [-0.2, -0.15) is 0 Å². The van der Waals surface area contributed by atoms with Crippen molar-refractivity contribution in [3.8, 4) is 0 Å². The van der Waals surface area contributed by atoms with E-state index in [4.69, 9.17) is 0 Å². The van der Waals surface area contributed by atoms with Gasteiger partial charge in [0, 0.05) is 33.3 Å². The molecule has 4 nitrogen and oxygen atoms in total. The Hall–Kier alpha value is -0.880. The zero-order valence-corrected chi connectivity index (χ0v) is 10.8. The van der Waals surface area contributed by atoms with Crippen molar-refractivity contribution in [2.45, 2.75) is 0 Å². The molecule has 0 saturated heterocycles. The minimum absolute atomic E-state index is 0.0603. The van der Waals surface area contributed by atoms with Crippen molar-refractivity contribution in [3.63, 3.8) is 0 Å². The molecule has 0 fully saturated rings. The average molecular weight is 336 g/mol. The van der Waals surface area contributed by atoms with Gasteiger partial charge >= 0.3 is 0 Å². The Morgan fingerprint density at radius 1 is 1.60 bits per heavy atom. The number of nitrogens with one attached hydrogen (secondary N) is 1. The first-order valence-electron chi connectivity index (χ1n) is 4.02. The Morgan fingerprint density at radius 3 is 2.73 bits per heavy atom. The van der Waals surface area contributed by atoms with Crippen LogP contribution in [0.2, 0.25) is 0 Å². The number of hydrogen-bond acceptors (Lipinski definition) is 3. The number of nitro benzene ring substituents is 1. The first kappa shape index (κ1) is 12.2. The van der Waals surface area contributed by atoms with Crippen LogP contribution in [0, 0.1) is 10.1 Å². The molecule has 0 saturated carbocycles. The van der Waals surface area contributed by atoms with E-state index in [2.05, 4.69) is 43.8 Å². The smallest absolute Gasteiger partial charge is 0.270 e. The molecule has 0 aromatic heterocycles. The van der Waals surface area contributed by atoms with E-state index in [1.807, 2.05) is 0 Å². The minimum Gasteiger partial charge on any atom is -0.380 e. The maximum absolute atomic E-state index is 10.5. The Bertz CT molecular complexity index is 407. The summed E-state index contributed by atoms with van der Waals surface area (Å²) in [5, 5.41) is 13.5. The van der Waals surface area contributed by atoms with Gasteiger partial charge in [0.15, 0.2) is 0 Å². The van der Waals surface area contributed by atoms with Gasteiger partial charge in [0.25, 0.3) is 5.69 Å². The zero-order valence-electron chi connectivity index (χ0n) is 7.67. The van der Waals surface area contributed by atoms with E-state index in [0.29, 0.717) is 11.0 Å². The summed E-state index contributed by atoms with van der Waals surface area (Å²) in [5.74, 6) is 0. The Balaban J connectivity index is 2.83. The number of benzene rings is 1. The SMILES string of the molecule is C=C(Br)CNc1ccc([N+](=O)[O-])cc1Br. The van der Waals surface area contributed by atoms with E-state index in [-0.39, 0.29) is 5.69 Å². The highest BCUT2D eigenvalue weighted by Crippen LogP contribution is 2.27. The number of non-ortho nitro benzene ring substituents is 1. The highest BCUT2D eigenvalue weighted by atomic mass is 79.9. The lowest BCUT2D eigenvalue weighted by Crippen LogP contribution is -2.01. The second-order valence-corrected chi connectivity index (χ2v) is 4.77. The van der Waals surface area contributed by atoms with Crippen molar-refractivity contribution >= 4 is 43.2 Å². The van der Waals surface area contributed by atoms with Crippen LogP contribution in [0.1, 0.15) is 0 Å². The lowest BCUT2D eigenvalue weighted by molar-refractivity contribution is -0.384. The predicted molar refractivity (Wildman–Crippen MR) is 67.4 cm³/mol. The molecule has 0 spiro atoms. The summed E-state index contributed by atoms with van der Waals surface area (Å²) in [6.07, 6.45) is 0. The normalized spacial score (nSPS) is 9.73. The molecule has 6 heteroatoms. The monoisotopic (exact) mass is 334 g/mol. The van der Waals surface area contributed by atoms with Gasteiger partial charge in [-0.05, 0) is 22.0 Å². The Labute approximate surface area is 104 Å². The van der Waals surface area contributed by atoms with Crippen molar-refractivity contribution in [1.82, 2.24) is 0 Å². The summed E-state index contributed by atoms with van der Waals surface area (Å²) < 4.78 is 1.47. The first-order valence-corrected chi connectivity index (χ1v) is 5.60. The summed E-state index contributed by atoms with van der Waals surface area (Å²) in [6, 6.07) is 4.56. The number of rotatable bonds is 4. The minimum atomic E-state index is -0.433. The fraction of sp³-hybridized carbons (Fsp3) is 0.111. The lowest BCUT2D eigenvalue weighted by atomic mass is 10.3. The Kier molecular flexibility index (Phi) is 4.28. The van der Waals surface area contributed by atoms with Crippen LogP contribution in [0.25, 0.3) is 0 Å². The zero-order chi connectivity index (χ0) is 11.4. The molecule has 0 heterocycles. The van der Waals surface area contributed by atoms with Crippen molar-refractivity contribution in [2.75, 3.05) is 11.9 Å². The molecule has 0 amide bonds. The van der Waals surface area contributed by atoms with Gasteiger partial charge in [-0.25, -0.2) is 0 Å². The highest BCUT2D eigenvalue weighted by molar-refractivity contribution is 9.11. The van der Waals surface area contributed by atoms with E-state index in [9.17, 15) is 10.1 Å². The molecule has 0 aliphatic rings. The predicted octanol–water partition coefficient (Wildman–Crippen LogP) is 3.68. The maximum Gasteiger partial charge on any atom is 0.270 e. The van der Waals surface area contributed by atoms with Gasteiger partial charge < -0.3 is 5.32 Å². The molecular formula is C9H8Br2N2O2. The fourth-order valence-corrected chi connectivity index (χ4v) is 1.60. The van der Waals surface area contributed by atoms with Crippen LogP contribution >= 0.6 is 31.9 Å². The van der Waals surface area contributed by atoms with Gasteiger partial charge in [0.05, 0.1) is 4.92 Å². The number of nitro groups is 1. The van der Waals surface area contributed by atoms with Crippen LogP contribution in [0.15, 0.2) is 33.7 Å². The molecule has 80 valence electrons. The molecule has 0 atom stereocenters. The lowest BCUT2D eigenvalue weighted by Gasteiger charge is -2.06. The summed E-state index contributed by atoms with van der Waals surface area (Å²) in [7, 11) is 0. The van der Waals surface area contributed by atoms with Crippen molar-refractivity contribution in [1.29, 1.82) is 0 Å². The second-order valence-electron chi connectivity index (χ2n) is 2.79. The van der Waals surface area contributed by atoms with E-state index in [1.165, 1.54) is 12.1 Å². The molecule has 15 heavy (non-hydrogen) atoms. The van der Waals surface area contributed by atoms with Gasteiger partial charge in [-0.15, -0.1) is 0 Å². The molecular weight excluding hydrogens is 328 g/mol. The average Bonchev–Trinajstić information content (AvgIpc) is 2.15. The van der Waals surface area contributed by atoms with Gasteiger partial charge in [-0.3, -0.25) is 10.1 Å². The molecule has 0 aliphatic carbocycles. The Morgan fingerprint density at radius 2 is 2.27 bits per heavy atom. The molecule has 0 aliphatic heterocycles. The van der Waals surface area contributed by atoms with E-state index >= 15 is 0 Å². The third kappa shape index (κ3) is 3.64. The van der Waals surface area contributed by atoms with Crippen LogP contribution in [-0.4, -0.2) is 11.5 Å². The van der Waals surface area contributed by atoms with E-state index in [0.717, 1.165) is 10.2 Å². The standard InChI is InChI=1S/C9H8Br2N2O2/c1-6(10)5-12-9-3-2-7(13(14)15)4-8(9)11/h2-4,12H,1,5H2. The summed E-state index contributed by atoms with van der Waals surface area (Å²) in [4.78, 5) is 10.0. The van der Waals surface area contributed by atoms with Crippen LogP contribution < -0.4 is 5.32 Å². The highest BCUT2D eigenvalue weighted by Gasteiger charge is 2.08. The molecule has 0 radical (unpaired) electrons. The summed E-state index contributed by atoms with van der Waals surface area (Å²) >= 11 is 6.47. The van der Waals surface area contributed by atoms with Crippen LogP contribution in [-0.2, 0) is 0 Å². The largest absolute Gasteiger partial charge is 0.380 e. The van der Waals surface area contributed by atoms with Gasteiger partial charge in [0.2, 0.25) is 0 Å². The van der Waals surface area contributed by atoms with Crippen molar-refractivity contribution in [3.05, 3.63) is 43.8 Å². The molecule has 1 aromatic rings. The van der Waals surface area contributed by atoms with Crippen LogP contribution in [0.4, 0.5) is 11.4 Å². The van der Waals surface area contributed by atoms with Crippen LogP contribution in [0.5, 0.6) is 0 Å². The summed E-state index contributed by atoms with van der Waals surface area (Å²) in [6.45, 7) is 4.24. The molecule has 1 aromatic carbocycles. The first-order chi connectivity index (χ1) is 7.00. The fourth-order valence-electron chi connectivity index (χ4n) is 0.952. The van der Waals surface area contributed by atoms with Crippen LogP contribution in [0.3, 0.4) is 0 Å². The van der Waals surface area contributed by atoms with Crippen molar-refractivity contribution in [2.24, 2.45) is 0 Å². The number of nitrogens with zero attached hydrogens (tertiary/aromatic N) is 1. The molecule has 1 rings (SSSR count). The third-order valence-corrected chi connectivity index (χ3v) is 2.57. The quantitative estimate of drug-likeness (QED) is 0.674. The molecule has 0 unspecified atom stereocenters. The number of halogens is 2. The topological polar surface area (TPSA) is 55.2 Å². The maximum atomic E-state index is 10.5. The third-order valence-electron chi connectivity index (χ3n) is 1.63. The molecule has 1 N–H and O–H groups in total. The van der Waals surface area contributed by atoms with Crippen molar-refractivity contribution < 1.29 is 4.92 Å². The van der Waals surface area contributed by atoms with E-state index in [1.54, 1.807) is 6.07 Å². The van der Waals surface area contributed by atoms with Gasteiger partial charge in [0.1, 0.15) is 0 Å². The number of anilines is 1. The summed E-state index contributed by atoms with van der Waals surface area (Å²) in [5.41, 5.74) is 0.853. The second kappa shape index (κ2) is 5.27. The van der Waals surface area contributed by atoms with E-state index < -0.39 is 4.92 Å².